The maximum atomic E-state index is 14.0. The zero-order chi connectivity index (χ0) is 20.2. The first-order valence-corrected chi connectivity index (χ1v) is 11.0. The Kier molecular flexibility index (Phi) is 6.22. The molecule has 1 heterocycles. The third-order valence-corrected chi connectivity index (χ3v) is 6.72. The fourth-order valence-electron chi connectivity index (χ4n) is 3.85. The number of halogens is 1. The van der Waals surface area contributed by atoms with Gasteiger partial charge in [-0.2, -0.15) is 0 Å². The van der Waals surface area contributed by atoms with E-state index in [-0.39, 0.29) is 5.82 Å². The molecule has 0 aromatic heterocycles. The van der Waals surface area contributed by atoms with Gasteiger partial charge in [-0.05, 0) is 43.7 Å². The van der Waals surface area contributed by atoms with Gasteiger partial charge in [-0.3, -0.25) is 4.90 Å². The summed E-state index contributed by atoms with van der Waals surface area (Å²) < 4.78 is 14.0. The van der Waals surface area contributed by atoms with Gasteiger partial charge in [0.25, 0.3) is 0 Å². The minimum Gasteiger partial charge on any atom is -0.368 e. The molecule has 0 saturated carbocycles. The molecule has 29 heavy (non-hydrogen) atoms. The minimum absolute atomic E-state index is 0.106. The highest BCUT2D eigenvalue weighted by Gasteiger charge is 2.20. The van der Waals surface area contributed by atoms with E-state index in [2.05, 4.69) is 66.1 Å². The molecule has 1 aliphatic heterocycles. The SMILES string of the molecule is Cc1ccc(Sc2ccccc2N2CCN(Cc3ccccc3F)CC2)c(C)c1. The lowest BCUT2D eigenvalue weighted by atomic mass is 10.1. The van der Waals surface area contributed by atoms with Crippen molar-refractivity contribution in [2.75, 3.05) is 31.1 Å². The maximum Gasteiger partial charge on any atom is 0.127 e. The lowest BCUT2D eigenvalue weighted by Crippen LogP contribution is -2.46. The van der Waals surface area contributed by atoms with E-state index in [4.69, 9.17) is 0 Å². The number of rotatable bonds is 5. The van der Waals surface area contributed by atoms with Crippen LogP contribution in [-0.2, 0) is 6.54 Å². The Balaban J connectivity index is 1.44. The summed E-state index contributed by atoms with van der Waals surface area (Å²) in [4.78, 5) is 7.40. The molecule has 1 aliphatic rings. The molecule has 0 amide bonds. The molecular weight excluding hydrogens is 379 g/mol. The van der Waals surface area contributed by atoms with Crippen molar-refractivity contribution in [3.05, 3.63) is 89.2 Å². The summed E-state index contributed by atoms with van der Waals surface area (Å²) in [6.45, 7) is 8.79. The lowest BCUT2D eigenvalue weighted by molar-refractivity contribution is 0.246. The molecule has 1 saturated heterocycles. The fourth-order valence-corrected chi connectivity index (χ4v) is 4.89. The highest BCUT2D eigenvalue weighted by molar-refractivity contribution is 7.99. The smallest absolute Gasteiger partial charge is 0.127 e. The molecule has 0 atom stereocenters. The standard InChI is InChI=1S/C25H27FN2S/c1-19-11-12-24(20(2)17-19)29-25-10-6-5-9-23(25)28-15-13-27(14-16-28)18-21-7-3-4-8-22(21)26/h3-12,17H,13-16,18H2,1-2H3. The number of anilines is 1. The number of hydrogen-bond acceptors (Lipinski definition) is 3. The van der Waals surface area contributed by atoms with Gasteiger partial charge in [0.2, 0.25) is 0 Å². The van der Waals surface area contributed by atoms with Gasteiger partial charge in [0, 0.05) is 48.1 Å². The zero-order valence-electron chi connectivity index (χ0n) is 17.1. The van der Waals surface area contributed by atoms with Crippen LogP contribution in [0.1, 0.15) is 16.7 Å². The van der Waals surface area contributed by atoms with Gasteiger partial charge < -0.3 is 4.90 Å². The van der Waals surface area contributed by atoms with E-state index in [1.54, 1.807) is 12.1 Å². The van der Waals surface area contributed by atoms with Crippen LogP contribution in [0.2, 0.25) is 0 Å². The van der Waals surface area contributed by atoms with Crippen LogP contribution >= 0.6 is 11.8 Å². The van der Waals surface area contributed by atoms with Crippen molar-refractivity contribution in [2.24, 2.45) is 0 Å². The summed E-state index contributed by atoms with van der Waals surface area (Å²) in [6.07, 6.45) is 0. The largest absolute Gasteiger partial charge is 0.368 e. The molecule has 1 fully saturated rings. The van der Waals surface area contributed by atoms with Gasteiger partial charge in [0.1, 0.15) is 5.82 Å². The quantitative estimate of drug-likeness (QED) is 0.520. The van der Waals surface area contributed by atoms with E-state index in [1.807, 2.05) is 23.9 Å². The second-order valence-corrected chi connectivity index (χ2v) is 8.78. The van der Waals surface area contributed by atoms with E-state index in [0.717, 1.165) is 31.7 Å². The lowest BCUT2D eigenvalue weighted by Gasteiger charge is -2.37. The van der Waals surface area contributed by atoms with Crippen LogP contribution in [0.3, 0.4) is 0 Å². The Morgan fingerprint density at radius 2 is 1.55 bits per heavy atom. The van der Waals surface area contributed by atoms with Crippen LogP contribution in [0.25, 0.3) is 0 Å². The van der Waals surface area contributed by atoms with Gasteiger partial charge in [-0.15, -0.1) is 0 Å². The Morgan fingerprint density at radius 3 is 2.31 bits per heavy atom. The molecular formula is C25H27FN2S. The monoisotopic (exact) mass is 406 g/mol. The Labute approximate surface area is 177 Å². The predicted octanol–water partition coefficient (Wildman–Crippen LogP) is 5.92. The van der Waals surface area contributed by atoms with Crippen LogP contribution in [0.15, 0.2) is 76.5 Å². The maximum absolute atomic E-state index is 14.0. The second kappa shape index (κ2) is 9.02. The zero-order valence-corrected chi connectivity index (χ0v) is 17.9. The van der Waals surface area contributed by atoms with Crippen molar-refractivity contribution < 1.29 is 4.39 Å². The van der Waals surface area contributed by atoms with Gasteiger partial charge >= 0.3 is 0 Å². The molecule has 0 bridgehead atoms. The van der Waals surface area contributed by atoms with Gasteiger partial charge in [0.05, 0.1) is 5.69 Å². The molecule has 0 radical (unpaired) electrons. The van der Waals surface area contributed by atoms with Crippen molar-refractivity contribution in [1.82, 2.24) is 4.90 Å². The molecule has 4 heteroatoms. The average molecular weight is 407 g/mol. The van der Waals surface area contributed by atoms with E-state index in [1.165, 1.54) is 26.6 Å². The van der Waals surface area contributed by atoms with Crippen LogP contribution in [0.5, 0.6) is 0 Å². The van der Waals surface area contributed by atoms with E-state index >= 15 is 0 Å². The number of aryl methyl sites for hydroxylation is 2. The van der Waals surface area contributed by atoms with E-state index in [0.29, 0.717) is 6.54 Å². The molecule has 3 aromatic rings. The summed E-state index contributed by atoms with van der Waals surface area (Å²) in [6, 6.07) is 22.4. The summed E-state index contributed by atoms with van der Waals surface area (Å²) in [5, 5.41) is 0. The Morgan fingerprint density at radius 1 is 0.828 bits per heavy atom. The van der Waals surface area contributed by atoms with Crippen molar-refractivity contribution in [3.8, 4) is 0 Å². The van der Waals surface area contributed by atoms with Crippen LogP contribution < -0.4 is 4.90 Å². The van der Waals surface area contributed by atoms with Gasteiger partial charge in [0.15, 0.2) is 0 Å². The molecule has 150 valence electrons. The number of hydrogen-bond donors (Lipinski definition) is 0. The summed E-state index contributed by atoms with van der Waals surface area (Å²) in [7, 11) is 0. The first-order chi connectivity index (χ1) is 14.1. The van der Waals surface area contributed by atoms with Crippen LogP contribution in [0.4, 0.5) is 10.1 Å². The van der Waals surface area contributed by atoms with Crippen molar-refractivity contribution in [3.63, 3.8) is 0 Å². The minimum atomic E-state index is -0.106. The van der Waals surface area contributed by atoms with E-state index < -0.39 is 0 Å². The molecule has 0 unspecified atom stereocenters. The topological polar surface area (TPSA) is 6.48 Å². The number of nitrogens with zero attached hydrogens (tertiary/aromatic N) is 2. The van der Waals surface area contributed by atoms with Crippen LogP contribution in [0, 0.1) is 19.7 Å². The van der Waals surface area contributed by atoms with E-state index in [9.17, 15) is 4.39 Å². The highest BCUT2D eigenvalue weighted by Crippen LogP contribution is 2.37. The summed E-state index contributed by atoms with van der Waals surface area (Å²) in [5.74, 6) is -0.106. The second-order valence-electron chi connectivity index (χ2n) is 7.69. The van der Waals surface area contributed by atoms with Crippen molar-refractivity contribution >= 4 is 17.4 Å². The van der Waals surface area contributed by atoms with Gasteiger partial charge in [-0.1, -0.05) is 59.8 Å². The van der Waals surface area contributed by atoms with Crippen LogP contribution in [-0.4, -0.2) is 31.1 Å². The molecule has 0 spiro atoms. The van der Waals surface area contributed by atoms with Crippen molar-refractivity contribution in [1.29, 1.82) is 0 Å². The number of benzene rings is 3. The molecule has 0 aliphatic carbocycles. The molecule has 0 N–H and O–H groups in total. The third-order valence-electron chi connectivity index (χ3n) is 5.48. The van der Waals surface area contributed by atoms with Gasteiger partial charge in [-0.25, -0.2) is 4.39 Å². The summed E-state index contributed by atoms with van der Waals surface area (Å²) in [5.41, 5.74) is 4.69. The first-order valence-electron chi connectivity index (χ1n) is 10.1. The predicted molar refractivity (Wildman–Crippen MR) is 120 cm³/mol. The highest BCUT2D eigenvalue weighted by atomic mass is 32.2. The molecule has 4 rings (SSSR count). The first kappa shape index (κ1) is 20.0. The van der Waals surface area contributed by atoms with Crippen molar-refractivity contribution in [2.45, 2.75) is 30.2 Å². The average Bonchev–Trinajstić information content (AvgIpc) is 2.73. The summed E-state index contributed by atoms with van der Waals surface area (Å²) >= 11 is 1.84. The fraction of sp³-hybridized carbons (Fsp3) is 0.280. The number of para-hydroxylation sites is 1. The third kappa shape index (κ3) is 4.82. The Bertz CT molecular complexity index is 980. The molecule has 3 aromatic carbocycles. The normalized spacial score (nSPS) is 14.9. The Hall–Kier alpha value is -2.30. The molecule has 2 nitrogen and oxygen atoms in total. The number of piperazine rings is 1.